The lowest BCUT2D eigenvalue weighted by Crippen LogP contribution is -2.35. The number of rotatable bonds is 5. The molecule has 2 N–H and O–H groups in total. The van der Waals surface area contributed by atoms with E-state index in [9.17, 15) is 4.79 Å². The summed E-state index contributed by atoms with van der Waals surface area (Å²) < 4.78 is 0. The van der Waals surface area contributed by atoms with Crippen LogP contribution in [0.5, 0.6) is 0 Å². The van der Waals surface area contributed by atoms with Crippen molar-refractivity contribution in [1.82, 2.24) is 10.2 Å². The van der Waals surface area contributed by atoms with Crippen LogP contribution in [0.1, 0.15) is 32.6 Å². The normalized spacial score (nSPS) is 22.8. The van der Waals surface area contributed by atoms with Crippen LogP contribution in [0.2, 0.25) is 0 Å². The van der Waals surface area contributed by atoms with Gasteiger partial charge in [-0.2, -0.15) is 0 Å². The summed E-state index contributed by atoms with van der Waals surface area (Å²) in [6.45, 7) is 4.46. The molecule has 0 bridgehead atoms. The average molecular weight is 228 g/mol. The molecule has 0 radical (unpaired) electrons. The van der Waals surface area contributed by atoms with Gasteiger partial charge in [-0.05, 0) is 45.2 Å². The van der Waals surface area contributed by atoms with E-state index in [4.69, 9.17) is 5.11 Å². The van der Waals surface area contributed by atoms with Crippen molar-refractivity contribution in [3.8, 4) is 0 Å². The van der Waals surface area contributed by atoms with Crippen LogP contribution in [-0.2, 0) is 4.79 Å². The third-order valence-electron chi connectivity index (χ3n) is 3.17. The van der Waals surface area contributed by atoms with Gasteiger partial charge in [0, 0.05) is 20.0 Å². The molecule has 4 heteroatoms. The van der Waals surface area contributed by atoms with Crippen LogP contribution in [-0.4, -0.2) is 48.7 Å². The van der Waals surface area contributed by atoms with Gasteiger partial charge in [0.2, 0.25) is 5.91 Å². The lowest BCUT2D eigenvalue weighted by atomic mass is 9.95. The molecule has 0 aromatic rings. The van der Waals surface area contributed by atoms with Crippen molar-refractivity contribution in [1.29, 1.82) is 0 Å². The van der Waals surface area contributed by atoms with Gasteiger partial charge in [-0.15, -0.1) is 0 Å². The summed E-state index contributed by atoms with van der Waals surface area (Å²) in [5, 5.41) is 12.5. The van der Waals surface area contributed by atoms with Gasteiger partial charge in [-0.25, -0.2) is 0 Å². The number of amides is 1. The summed E-state index contributed by atoms with van der Waals surface area (Å²) >= 11 is 0. The molecule has 1 rings (SSSR count). The Morgan fingerprint density at radius 1 is 1.62 bits per heavy atom. The minimum atomic E-state index is -0.327. The zero-order chi connectivity index (χ0) is 12.0. The summed E-state index contributed by atoms with van der Waals surface area (Å²) in [6, 6.07) is 0. The predicted octanol–water partition coefficient (Wildman–Crippen LogP) is 0.605. The SMILES string of the molecule is CC(O)CCN(C)C(=O)CC1CCCNC1. The van der Waals surface area contributed by atoms with Crippen LogP contribution in [0.3, 0.4) is 0 Å². The van der Waals surface area contributed by atoms with E-state index < -0.39 is 0 Å². The van der Waals surface area contributed by atoms with Gasteiger partial charge >= 0.3 is 0 Å². The van der Waals surface area contributed by atoms with Gasteiger partial charge in [0.15, 0.2) is 0 Å². The minimum absolute atomic E-state index is 0.203. The fraction of sp³-hybridized carbons (Fsp3) is 0.917. The molecule has 2 atom stereocenters. The van der Waals surface area contributed by atoms with E-state index >= 15 is 0 Å². The van der Waals surface area contributed by atoms with Crippen molar-refractivity contribution < 1.29 is 9.90 Å². The van der Waals surface area contributed by atoms with Crippen molar-refractivity contribution in [2.45, 2.75) is 38.7 Å². The highest BCUT2D eigenvalue weighted by Gasteiger charge is 2.18. The van der Waals surface area contributed by atoms with Gasteiger partial charge in [-0.1, -0.05) is 0 Å². The maximum absolute atomic E-state index is 11.8. The minimum Gasteiger partial charge on any atom is -0.393 e. The summed E-state index contributed by atoms with van der Waals surface area (Å²) in [6.07, 6.45) is 3.30. The molecular formula is C12H24N2O2. The Morgan fingerprint density at radius 3 is 2.94 bits per heavy atom. The molecule has 0 spiro atoms. The summed E-state index contributed by atoms with van der Waals surface area (Å²) in [4.78, 5) is 13.6. The number of piperidine rings is 1. The first-order valence-corrected chi connectivity index (χ1v) is 6.22. The van der Waals surface area contributed by atoms with E-state index in [2.05, 4.69) is 5.32 Å². The number of nitrogens with one attached hydrogen (secondary N) is 1. The molecule has 0 aromatic carbocycles. The second kappa shape index (κ2) is 6.86. The zero-order valence-electron chi connectivity index (χ0n) is 10.4. The Morgan fingerprint density at radius 2 is 2.38 bits per heavy atom. The number of aliphatic hydroxyl groups is 1. The average Bonchev–Trinajstić information content (AvgIpc) is 2.27. The molecule has 1 heterocycles. The molecule has 4 nitrogen and oxygen atoms in total. The standard InChI is InChI=1S/C12H24N2O2/c1-10(15)5-7-14(2)12(16)8-11-4-3-6-13-9-11/h10-11,13,15H,3-9H2,1-2H3. The number of hydrogen-bond donors (Lipinski definition) is 2. The fourth-order valence-electron chi connectivity index (χ4n) is 2.01. The molecular weight excluding hydrogens is 204 g/mol. The maximum atomic E-state index is 11.8. The van der Waals surface area contributed by atoms with Gasteiger partial charge in [0.1, 0.15) is 0 Å². The Hall–Kier alpha value is -0.610. The smallest absolute Gasteiger partial charge is 0.222 e. The van der Waals surface area contributed by atoms with E-state index in [0.717, 1.165) is 19.5 Å². The predicted molar refractivity (Wildman–Crippen MR) is 64.1 cm³/mol. The van der Waals surface area contributed by atoms with Crippen LogP contribution in [0.4, 0.5) is 0 Å². The Kier molecular flexibility index (Phi) is 5.77. The molecule has 0 saturated carbocycles. The van der Waals surface area contributed by atoms with Crippen LogP contribution in [0, 0.1) is 5.92 Å². The van der Waals surface area contributed by atoms with Crippen LogP contribution >= 0.6 is 0 Å². The van der Waals surface area contributed by atoms with Gasteiger partial charge in [0.25, 0.3) is 0 Å². The quantitative estimate of drug-likeness (QED) is 0.725. The van der Waals surface area contributed by atoms with Gasteiger partial charge < -0.3 is 15.3 Å². The topological polar surface area (TPSA) is 52.6 Å². The Labute approximate surface area is 98.0 Å². The van der Waals surface area contributed by atoms with E-state index in [1.807, 2.05) is 7.05 Å². The Bertz CT molecular complexity index is 213. The number of aliphatic hydroxyl groups excluding tert-OH is 1. The second-order valence-electron chi connectivity index (χ2n) is 4.87. The molecule has 16 heavy (non-hydrogen) atoms. The van der Waals surface area contributed by atoms with E-state index in [1.54, 1.807) is 11.8 Å². The van der Waals surface area contributed by atoms with E-state index in [0.29, 0.717) is 25.3 Å². The second-order valence-corrected chi connectivity index (χ2v) is 4.87. The third-order valence-corrected chi connectivity index (χ3v) is 3.17. The van der Waals surface area contributed by atoms with Crippen LogP contribution in [0.15, 0.2) is 0 Å². The lowest BCUT2D eigenvalue weighted by molar-refractivity contribution is -0.131. The molecule has 0 aliphatic carbocycles. The summed E-state index contributed by atoms with van der Waals surface area (Å²) in [5.74, 6) is 0.699. The van der Waals surface area contributed by atoms with E-state index in [1.165, 1.54) is 6.42 Å². The summed E-state index contributed by atoms with van der Waals surface area (Å²) in [5.41, 5.74) is 0. The largest absolute Gasteiger partial charge is 0.393 e. The van der Waals surface area contributed by atoms with Gasteiger partial charge in [-0.3, -0.25) is 4.79 Å². The zero-order valence-corrected chi connectivity index (χ0v) is 10.4. The molecule has 1 aliphatic heterocycles. The molecule has 2 unspecified atom stereocenters. The highest BCUT2D eigenvalue weighted by atomic mass is 16.3. The number of hydrogen-bond acceptors (Lipinski definition) is 3. The number of nitrogens with zero attached hydrogens (tertiary/aromatic N) is 1. The van der Waals surface area contributed by atoms with E-state index in [-0.39, 0.29) is 12.0 Å². The molecule has 1 amide bonds. The van der Waals surface area contributed by atoms with Crippen LogP contribution in [0.25, 0.3) is 0 Å². The first kappa shape index (κ1) is 13.5. The molecule has 0 aromatic heterocycles. The summed E-state index contributed by atoms with van der Waals surface area (Å²) in [7, 11) is 1.82. The Balaban J connectivity index is 2.22. The van der Waals surface area contributed by atoms with Crippen LogP contribution < -0.4 is 5.32 Å². The first-order valence-electron chi connectivity index (χ1n) is 6.22. The van der Waals surface area contributed by atoms with Crippen molar-refractivity contribution >= 4 is 5.91 Å². The monoisotopic (exact) mass is 228 g/mol. The first-order chi connectivity index (χ1) is 7.59. The van der Waals surface area contributed by atoms with Crippen molar-refractivity contribution in [2.24, 2.45) is 5.92 Å². The third kappa shape index (κ3) is 4.94. The molecule has 1 fully saturated rings. The number of carbonyl (C=O) groups excluding carboxylic acids is 1. The van der Waals surface area contributed by atoms with Crippen molar-refractivity contribution in [2.75, 3.05) is 26.7 Å². The lowest BCUT2D eigenvalue weighted by Gasteiger charge is -2.25. The maximum Gasteiger partial charge on any atom is 0.222 e. The molecule has 1 aliphatic rings. The van der Waals surface area contributed by atoms with Gasteiger partial charge in [0.05, 0.1) is 6.10 Å². The fourth-order valence-corrected chi connectivity index (χ4v) is 2.01. The van der Waals surface area contributed by atoms with Crippen molar-refractivity contribution in [3.05, 3.63) is 0 Å². The van der Waals surface area contributed by atoms with Crippen molar-refractivity contribution in [3.63, 3.8) is 0 Å². The molecule has 94 valence electrons. The number of carbonyl (C=O) groups is 1. The molecule has 1 saturated heterocycles. The highest BCUT2D eigenvalue weighted by Crippen LogP contribution is 2.15. The highest BCUT2D eigenvalue weighted by molar-refractivity contribution is 5.76.